The van der Waals surface area contributed by atoms with E-state index in [2.05, 4.69) is 0 Å². The van der Waals surface area contributed by atoms with Crippen molar-refractivity contribution in [3.05, 3.63) is 23.5 Å². The number of phenolic OH excluding ortho intramolecular Hbond substituents is 1. The molecule has 0 amide bonds. The lowest BCUT2D eigenvalue weighted by Gasteiger charge is -2.16. The zero-order chi connectivity index (χ0) is 11.6. The van der Waals surface area contributed by atoms with Crippen molar-refractivity contribution < 1.29 is 9.50 Å². The summed E-state index contributed by atoms with van der Waals surface area (Å²) in [4.78, 5) is 0. The Hall–Kier alpha value is -1.000. The predicted octanol–water partition coefficient (Wildman–Crippen LogP) is 2.58. The third-order valence-electron chi connectivity index (χ3n) is 2.26. The van der Waals surface area contributed by atoms with Crippen molar-refractivity contribution in [2.45, 2.75) is 26.3 Å². The Balaban J connectivity index is 0.00000225. The van der Waals surface area contributed by atoms with E-state index in [1.807, 2.05) is 13.8 Å². The lowest BCUT2D eigenvalue weighted by atomic mass is 9.96. The molecule has 0 bridgehead atoms. The van der Waals surface area contributed by atoms with Crippen LogP contribution in [0.3, 0.4) is 0 Å². The molecule has 1 rings (SSSR count). The summed E-state index contributed by atoms with van der Waals surface area (Å²) in [5.74, 6) is -0.201. The molecular formula is C11H18ClFN2O. The van der Waals surface area contributed by atoms with Crippen molar-refractivity contribution in [3.8, 4) is 5.75 Å². The van der Waals surface area contributed by atoms with Gasteiger partial charge in [-0.2, -0.15) is 0 Å². The normalized spacial score (nSPS) is 12.3. The van der Waals surface area contributed by atoms with Gasteiger partial charge in [-0.15, -0.1) is 12.4 Å². The molecule has 0 spiro atoms. The fourth-order valence-electron chi connectivity index (χ4n) is 1.56. The van der Waals surface area contributed by atoms with Gasteiger partial charge in [0.1, 0.15) is 11.6 Å². The second-order valence-electron chi connectivity index (χ2n) is 4.17. The van der Waals surface area contributed by atoms with Crippen molar-refractivity contribution in [1.82, 2.24) is 0 Å². The average Bonchev–Trinajstić information content (AvgIpc) is 2.09. The van der Waals surface area contributed by atoms with E-state index >= 15 is 0 Å². The number of anilines is 1. The van der Waals surface area contributed by atoms with Gasteiger partial charge in [0.25, 0.3) is 0 Å². The summed E-state index contributed by atoms with van der Waals surface area (Å²) >= 11 is 0. The van der Waals surface area contributed by atoms with Crippen LogP contribution in [-0.4, -0.2) is 5.11 Å². The molecule has 5 heteroatoms. The van der Waals surface area contributed by atoms with Crippen molar-refractivity contribution in [1.29, 1.82) is 0 Å². The molecule has 0 aromatic heterocycles. The van der Waals surface area contributed by atoms with E-state index < -0.39 is 5.82 Å². The maximum absolute atomic E-state index is 13.1. The molecule has 5 N–H and O–H groups in total. The zero-order valence-corrected chi connectivity index (χ0v) is 10.2. The molecule has 0 aliphatic heterocycles. The lowest BCUT2D eigenvalue weighted by Crippen LogP contribution is -2.14. The van der Waals surface area contributed by atoms with Gasteiger partial charge in [-0.1, -0.05) is 13.8 Å². The topological polar surface area (TPSA) is 72.3 Å². The Bertz CT molecular complexity index is 358. The van der Waals surface area contributed by atoms with Gasteiger partial charge in [0, 0.05) is 17.7 Å². The number of halogens is 2. The van der Waals surface area contributed by atoms with E-state index in [0.29, 0.717) is 17.9 Å². The molecule has 1 aromatic carbocycles. The number of nitrogen functional groups attached to an aromatic ring is 1. The van der Waals surface area contributed by atoms with Gasteiger partial charge in [-0.25, -0.2) is 4.39 Å². The van der Waals surface area contributed by atoms with Gasteiger partial charge in [-0.3, -0.25) is 0 Å². The highest BCUT2D eigenvalue weighted by atomic mass is 35.5. The molecule has 0 saturated heterocycles. The van der Waals surface area contributed by atoms with Crippen LogP contribution in [0.4, 0.5) is 10.1 Å². The first-order valence-electron chi connectivity index (χ1n) is 4.95. The number of hydrogen-bond acceptors (Lipinski definition) is 3. The maximum Gasteiger partial charge on any atom is 0.143 e. The molecular weight excluding hydrogens is 231 g/mol. The van der Waals surface area contributed by atoms with Crippen molar-refractivity contribution in [2.24, 2.45) is 11.7 Å². The number of hydrogen-bond donors (Lipinski definition) is 3. The summed E-state index contributed by atoms with van der Waals surface area (Å²) in [6.45, 7) is 4.03. The molecule has 0 unspecified atom stereocenters. The second-order valence-corrected chi connectivity index (χ2v) is 4.17. The first kappa shape index (κ1) is 15.0. The summed E-state index contributed by atoms with van der Waals surface area (Å²) < 4.78 is 13.1. The van der Waals surface area contributed by atoms with E-state index in [4.69, 9.17) is 11.5 Å². The van der Waals surface area contributed by atoms with Gasteiger partial charge < -0.3 is 16.6 Å². The fourth-order valence-corrected chi connectivity index (χ4v) is 1.56. The van der Waals surface area contributed by atoms with Crippen molar-refractivity contribution in [2.75, 3.05) is 5.73 Å². The van der Waals surface area contributed by atoms with Crippen LogP contribution < -0.4 is 11.5 Å². The summed E-state index contributed by atoms with van der Waals surface area (Å²) in [6.07, 6.45) is 0.677. The van der Waals surface area contributed by atoms with Crippen LogP contribution in [0.5, 0.6) is 5.75 Å². The third-order valence-corrected chi connectivity index (χ3v) is 2.26. The molecule has 1 aromatic rings. The van der Waals surface area contributed by atoms with Crippen LogP contribution in [0.1, 0.15) is 31.9 Å². The smallest absolute Gasteiger partial charge is 0.143 e. The van der Waals surface area contributed by atoms with E-state index in [-0.39, 0.29) is 29.9 Å². The fraction of sp³-hybridized carbons (Fsp3) is 0.455. The Morgan fingerprint density at radius 3 is 2.44 bits per heavy atom. The minimum absolute atomic E-state index is 0. The zero-order valence-electron chi connectivity index (χ0n) is 9.40. The summed E-state index contributed by atoms with van der Waals surface area (Å²) in [6, 6.07) is 1.93. The molecule has 0 aliphatic rings. The molecule has 1 atom stereocenters. The van der Waals surface area contributed by atoms with Crippen LogP contribution in [0.25, 0.3) is 0 Å². The number of phenols is 1. The minimum atomic E-state index is -0.473. The van der Waals surface area contributed by atoms with Gasteiger partial charge >= 0.3 is 0 Å². The number of rotatable bonds is 3. The highest BCUT2D eigenvalue weighted by Gasteiger charge is 2.15. The molecule has 0 heterocycles. The molecule has 3 nitrogen and oxygen atoms in total. The Labute approximate surface area is 101 Å². The van der Waals surface area contributed by atoms with Crippen LogP contribution >= 0.6 is 12.4 Å². The van der Waals surface area contributed by atoms with Crippen LogP contribution in [0.15, 0.2) is 12.1 Å². The van der Waals surface area contributed by atoms with Gasteiger partial charge in [0.15, 0.2) is 0 Å². The predicted molar refractivity (Wildman–Crippen MR) is 66.1 cm³/mol. The monoisotopic (exact) mass is 248 g/mol. The molecule has 16 heavy (non-hydrogen) atoms. The van der Waals surface area contributed by atoms with Gasteiger partial charge in [0.05, 0.1) is 5.69 Å². The molecule has 0 aliphatic carbocycles. The Morgan fingerprint density at radius 1 is 1.38 bits per heavy atom. The van der Waals surface area contributed by atoms with Crippen molar-refractivity contribution >= 4 is 18.1 Å². The molecule has 0 saturated carbocycles. The first-order valence-corrected chi connectivity index (χ1v) is 4.95. The Kier molecular flexibility index (Phi) is 5.55. The highest BCUT2D eigenvalue weighted by Crippen LogP contribution is 2.32. The maximum atomic E-state index is 13.1. The van der Waals surface area contributed by atoms with Crippen LogP contribution in [-0.2, 0) is 0 Å². The first-order chi connectivity index (χ1) is 6.91. The lowest BCUT2D eigenvalue weighted by molar-refractivity contribution is 0.444. The third kappa shape index (κ3) is 3.54. The molecule has 0 radical (unpaired) electrons. The van der Waals surface area contributed by atoms with E-state index in [1.165, 1.54) is 6.07 Å². The summed E-state index contributed by atoms with van der Waals surface area (Å²) in [5, 5.41) is 9.63. The standard InChI is InChI=1S/C11H17FN2O.ClH/c1-6(2)3-9(13)8-4-7(12)5-10(14)11(8)15;/h4-6,9,15H,3,13-14H2,1-2H3;1H/t9-;/m1./s1. The van der Waals surface area contributed by atoms with Crippen LogP contribution in [0, 0.1) is 11.7 Å². The van der Waals surface area contributed by atoms with Crippen LogP contribution in [0.2, 0.25) is 0 Å². The molecule has 0 fully saturated rings. The summed E-state index contributed by atoms with van der Waals surface area (Å²) in [5.41, 5.74) is 11.7. The molecule has 92 valence electrons. The number of nitrogens with two attached hydrogens (primary N) is 2. The van der Waals surface area contributed by atoms with E-state index in [1.54, 1.807) is 0 Å². The van der Waals surface area contributed by atoms with Gasteiger partial charge in [0.2, 0.25) is 0 Å². The second kappa shape index (κ2) is 5.92. The number of aromatic hydroxyl groups is 1. The SMILES string of the molecule is CC(C)C[C@@H](N)c1cc(F)cc(N)c1O.Cl. The van der Waals surface area contributed by atoms with E-state index in [9.17, 15) is 9.50 Å². The van der Waals surface area contributed by atoms with E-state index in [0.717, 1.165) is 6.07 Å². The largest absolute Gasteiger partial charge is 0.505 e. The average molecular weight is 249 g/mol. The Morgan fingerprint density at radius 2 is 1.94 bits per heavy atom. The van der Waals surface area contributed by atoms with Crippen molar-refractivity contribution in [3.63, 3.8) is 0 Å². The van der Waals surface area contributed by atoms with Gasteiger partial charge in [-0.05, 0) is 18.4 Å². The summed E-state index contributed by atoms with van der Waals surface area (Å²) in [7, 11) is 0. The quantitative estimate of drug-likeness (QED) is 0.569. The minimum Gasteiger partial charge on any atom is -0.505 e. The highest BCUT2D eigenvalue weighted by molar-refractivity contribution is 5.85. The number of benzene rings is 1.